The van der Waals surface area contributed by atoms with Gasteiger partial charge in [-0.15, -0.1) is 11.6 Å². The average molecular weight is 267 g/mol. The van der Waals surface area contributed by atoms with E-state index in [1.54, 1.807) is 0 Å². The molecule has 0 aliphatic carbocycles. The third kappa shape index (κ3) is 4.65. The van der Waals surface area contributed by atoms with Crippen LogP contribution in [0.1, 0.15) is 69.5 Å². The van der Waals surface area contributed by atoms with Gasteiger partial charge in [0, 0.05) is 0 Å². The number of aryl methyl sites for hydroxylation is 2. The Morgan fingerprint density at radius 1 is 1.11 bits per heavy atom. The van der Waals surface area contributed by atoms with Crippen LogP contribution < -0.4 is 0 Å². The lowest BCUT2D eigenvalue weighted by Gasteiger charge is -2.21. The van der Waals surface area contributed by atoms with Crippen LogP contribution in [0.25, 0.3) is 0 Å². The summed E-state index contributed by atoms with van der Waals surface area (Å²) in [5.41, 5.74) is 4.51. The molecule has 0 N–H and O–H groups in total. The van der Waals surface area contributed by atoms with Gasteiger partial charge >= 0.3 is 0 Å². The monoisotopic (exact) mass is 266 g/mol. The summed E-state index contributed by atoms with van der Waals surface area (Å²) in [5, 5.41) is 0.158. The second-order valence-electron chi connectivity index (χ2n) is 6.31. The molecule has 0 aromatic heterocycles. The zero-order valence-corrected chi connectivity index (χ0v) is 13.3. The van der Waals surface area contributed by atoms with Crippen molar-refractivity contribution < 1.29 is 0 Å². The third-order valence-electron chi connectivity index (χ3n) is 3.48. The molecular formula is C17H27Cl. The van der Waals surface area contributed by atoms with Crippen LogP contribution in [0.4, 0.5) is 0 Å². The van der Waals surface area contributed by atoms with Gasteiger partial charge in [0.25, 0.3) is 0 Å². The van der Waals surface area contributed by atoms with Crippen LogP contribution in [-0.4, -0.2) is 0 Å². The molecule has 0 heterocycles. The van der Waals surface area contributed by atoms with Crippen molar-refractivity contribution in [2.75, 3.05) is 0 Å². The minimum atomic E-state index is 0.158. The molecule has 0 saturated heterocycles. The summed E-state index contributed by atoms with van der Waals surface area (Å²) in [6.07, 6.45) is 4.38. The molecule has 18 heavy (non-hydrogen) atoms. The molecule has 1 heteroatoms. The standard InChI is InChI=1S/C17H27Cl/c1-6-13-8-9-14(7-2)15(12-13)16(18)10-11-17(3,4)5/h8-9,12,16H,6-7,10-11H2,1-5H3. The first-order chi connectivity index (χ1) is 8.37. The highest BCUT2D eigenvalue weighted by Crippen LogP contribution is 2.34. The first-order valence-corrected chi connectivity index (χ1v) is 7.56. The van der Waals surface area contributed by atoms with Gasteiger partial charge in [0.05, 0.1) is 5.38 Å². The highest BCUT2D eigenvalue weighted by atomic mass is 35.5. The van der Waals surface area contributed by atoms with Crippen molar-refractivity contribution in [1.82, 2.24) is 0 Å². The Hall–Kier alpha value is -0.490. The largest absolute Gasteiger partial charge is 0.118 e. The maximum atomic E-state index is 6.63. The Morgan fingerprint density at radius 2 is 1.78 bits per heavy atom. The topological polar surface area (TPSA) is 0 Å². The number of hydrogen-bond donors (Lipinski definition) is 0. The zero-order valence-electron chi connectivity index (χ0n) is 12.5. The fourth-order valence-corrected chi connectivity index (χ4v) is 2.51. The van der Waals surface area contributed by atoms with Crippen LogP contribution in [-0.2, 0) is 12.8 Å². The molecule has 1 rings (SSSR count). The fourth-order valence-electron chi connectivity index (χ4n) is 2.19. The van der Waals surface area contributed by atoms with E-state index < -0.39 is 0 Å². The van der Waals surface area contributed by atoms with E-state index in [2.05, 4.69) is 52.8 Å². The lowest BCUT2D eigenvalue weighted by atomic mass is 9.87. The minimum Gasteiger partial charge on any atom is -0.118 e. The van der Waals surface area contributed by atoms with Crippen molar-refractivity contribution in [3.63, 3.8) is 0 Å². The van der Waals surface area contributed by atoms with Crippen molar-refractivity contribution in [1.29, 1.82) is 0 Å². The summed E-state index contributed by atoms with van der Waals surface area (Å²) < 4.78 is 0. The third-order valence-corrected chi connectivity index (χ3v) is 3.94. The van der Waals surface area contributed by atoms with Gasteiger partial charge in [-0.05, 0) is 47.8 Å². The molecule has 0 saturated carbocycles. The molecule has 0 radical (unpaired) electrons. The maximum Gasteiger partial charge on any atom is 0.0588 e. The normalized spacial score (nSPS) is 13.7. The smallest absolute Gasteiger partial charge is 0.0588 e. The number of rotatable bonds is 5. The maximum absolute atomic E-state index is 6.63. The van der Waals surface area contributed by atoms with E-state index in [4.69, 9.17) is 11.6 Å². The fraction of sp³-hybridized carbons (Fsp3) is 0.647. The summed E-state index contributed by atoms with van der Waals surface area (Å²) in [4.78, 5) is 0. The molecule has 0 bridgehead atoms. The van der Waals surface area contributed by atoms with Gasteiger partial charge in [-0.2, -0.15) is 0 Å². The molecule has 1 atom stereocenters. The highest BCUT2D eigenvalue weighted by molar-refractivity contribution is 6.20. The van der Waals surface area contributed by atoms with Crippen molar-refractivity contribution in [2.45, 2.75) is 65.7 Å². The zero-order chi connectivity index (χ0) is 13.8. The molecule has 102 valence electrons. The summed E-state index contributed by atoms with van der Waals surface area (Å²) in [6.45, 7) is 11.2. The minimum absolute atomic E-state index is 0.158. The predicted molar refractivity (Wildman–Crippen MR) is 82.5 cm³/mol. The van der Waals surface area contributed by atoms with Crippen molar-refractivity contribution in [3.8, 4) is 0 Å². The molecular weight excluding hydrogens is 240 g/mol. The molecule has 0 aliphatic heterocycles. The second-order valence-corrected chi connectivity index (χ2v) is 6.83. The molecule has 0 amide bonds. The molecule has 1 unspecified atom stereocenters. The van der Waals surface area contributed by atoms with E-state index in [0.717, 1.165) is 19.3 Å². The number of alkyl halides is 1. The van der Waals surface area contributed by atoms with Crippen molar-refractivity contribution in [2.24, 2.45) is 5.41 Å². The Labute approximate surface area is 118 Å². The summed E-state index contributed by atoms with van der Waals surface area (Å²) >= 11 is 6.63. The van der Waals surface area contributed by atoms with Crippen LogP contribution in [0.15, 0.2) is 18.2 Å². The van der Waals surface area contributed by atoms with Gasteiger partial charge in [-0.25, -0.2) is 0 Å². The van der Waals surface area contributed by atoms with Crippen LogP contribution in [0, 0.1) is 5.41 Å². The Bertz CT molecular complexity index is 374. The van der Waals surface area contributed by atoms with E-state index in [1.807, 2.05) is 0 Å². The van der Waals surface area contributed by atoms with Gasteiger partial charge in [0.2, 0.25) is 0 Å². The first kappa shape index (κ1) is 15.6. The quantitative estimate of drug-likeness (QED) is 0.581. The average Bonchev–Trinajstić information content (AvgIpc) is 2.34. The molecule has 1 aromatic rings. The van der Waals surface area contributed by atoms with E-state index >= 15 is 0 Å². The molecule has 0 aliphatic rings. The predicted octanol–water partition coefficient (Wildman–Crippen LogP) is 5.92. The van der Waals surface area contributed by atoms with Crippen LogP contribution in [0.2, 0.25) is 0 Å². The summed E-state index contributed by atoms with van der Waals surface area (Å²) in [7, 11) is 0. The van der Waals surface area contributed by atoms with Gasteiger partial charge < -0.3 is 0 Å². The Balaban J connectivity index is 2.85. The Kier molecular flexibility index (Phi) is 5.72. The van der Waals surface area contributed by atoms with E-state index in [-0.39, 0.29) is 5.38 Å². The second kappa shape index (κ2) is 6.61. The Morgan fingerprint density at radius 3 is 2.28 bits per heavy atom. The lowest BCUT2D eigenvalue weighted by Crippen LogP contribution is -2.07. The van der Waals surface area contributed by atoms with Gasteiger partial charge in [0.1, 0.15) is 0 Å². The van der Waals surface area contributed by atoms with E-state index in [9.17, 15) is 0 Å². The van der Waals surface area contributed by atoms with Crippen molar-refractivity contribution in [3.05, 3.63) is 34.9 Å². The highest BCUT2D eigenvalue weighted by Gasteiger charge is 2.17. The molecule has 0 fully saturated rings. The number of hydrogen-bond acceptors (Lipinski definition) is 0. The van der Waals surface area contributed by atoms with Crippen LogP contribution in [0.3, 0.4) is 0 Å². The van der Waals surface area contributed by atoms with Crippen LogP contribution in [0.5, 0.6) is 0 Å². The summed E-state index contributed by atoms with van der Waals surface area (Å²) in [5.74, 6) is 0. The number of halogens is 1. The van der Waals surface area contributed by atoms with Crippen LogP contribution >= 0.6 is 11.6 Å². The van der Waals surface area contributed by atoms with E-state index in [0.29, 0.717) is 5.41 Å². The first-order valence-electron chi connectivity index (χ1n) is 7.13. The molecule has 1 aromatic carbocycles. The van der Waals surface area contributed by atoms with Gasteiger partial charge in [0.15, 0.2) is 0 Å². The molecule has 0 nitrogen and oxygen atoms in total. The van der Waals surface area contributed by atoms with Gasteiger partial charge in [-0.1, -0.05) is 52.8 Å². The number of benzene rings is 1. The van der Waals surface area contributed by atoms with Crippen molar-refractivity contribution >= 4 is 11.6 Å². The molecule has 0 spiro atoms. The van der Waals surface area contributed by atoms with E-state index in [1.165, 1.54) is 23.1 Å². The summed E-state index contributed by atoms with van der Waals surface area (Å²) in [6, 6.07) is 6.79. The lowest BCUT2D eigenvalue weighted by molar-refractivity contribution is 0.363. The van der Waals surface area contributed by atoms with Gasteiger partial charge in [-0.3, -0.25) is 0 Å². The SMILES string of the molecule is CCc1ccc(CC)c(C(Cl)CCC(C)(C)C)c1.